The molecule has 1 atom stereocenters. The maximum absolute atomic E-state index is 6.00. The first-order valence-electron chi connectivity index (χ1n) is 5.88. The quantitative estimate of drug-likeness (QED) is 0.742. The highest BCUT2D eigenvalue weighted by molar-refractivity contribution is 7.98. The van der Waals surface area contributed by atoms with Crippen molar-refractivity contribution in [1.29, 1.82) is 0 Å². The first-order valence-corrected chi connectivity index (χ1v) is 8.19. The second-order valence-corrected chi connectivity index (χ2v) is 5.98. The first kappa shape index (κ1) is 14.0. The molecule has 2 aromatic rings. The van der Waals surface area contributed by atoms with Gasteiger partial charge in [-0.1, -0.05) is 11.6 Å². The molecule has 0 radical (unpaired) electrons. The summed E-state index contributed by atoms with van der Waals surface area (Å²) in [6, 6.07) is 6.22. The zero-order valence-electron chi connectivity index (χ0n) is 10.5. The minimum Gasteiger partial charge on any atom is -0.324 e. The van der Waals surface area contributed by atoms with Crippen LogP contribution >= 0.6 is 35.0 Å². The number of rotatable bonds is 5. The standard InChI is InChI=1S/C13H16Cl2N2S/c1-9(5-6-18-2)17-12-4-3-10(15)7-11(12)16-13(17)8-14/h3-4,7,9H,5-6,8H2,1-2H3. The molecule has 2 nitrogen and oxygen atoms in total. The molecule has 0 aliphatic heterocycles. The molecular weight excluding hydrogens is 287 g/mol. The molecule has 98 valence electrons. The summed E-state index contributed by atoms with van der Waals surface area (Å²) in [7, 11) is 0. The summed E-state index contributed by atoms with van der Waals surface area (Å²) in [4.78, 5) is 4.56. The molecule has 0 spiro atoms. The highest BCUT2D eigenvalue weighted by Crippen LogP contribution is 2.26. The van der Waals surface area contributed by atoms with Gasteiger partial charge in [-0.3, -0.25) is 0 Å². The highest BCUT2D eigenvalue weighted by atomic mass is 35.5. The Morgan fingerprint density at radius 3 is 2.89 bits per heavy atom. The molecule has 0 saturated heterocycles. The molecule has 0 N–H and O–H groups in total. The summed E-state index contributed by atoms with van der Waals surface area (Å²) in [5.41, 5.74) is 2.04. The van der Waals surface area contributed by atoms with Gasteiger partial charge in [-0.05, 0) is 43.6 Å². The Hall–Kier alpha value is -0.380. The third kappa shape index (κ3) is 2.79. The van der Waals surface area contributed by atoms with Gasteiger partial charge in [0.25, 0.3) is 0 Å². The van der Waals surface area contributed by atoms with Crippen molar-refractivity contribution >= 4 is 46.0 Å². The Bertz CT molecular complexity index is 539. The van der Waals surface area contributed by atoms with E-state index in [-0.39, 0.29) is 0 Å². The van der Waals surface area contributed by atoms with Gasteiger partial charge in [0.1, 0.15) is 5.82 Å². The van der Waals surface area contributed by atoms with E-state index in [1.54, 1.807) is 0 Å². The number of hydrogen-bond donors (Lipinski definition) is 0. The number of imidazole rings is 1. The molecule has 2 rings (SSSR count). The van der Waals surface area contributed by atoms with E-state index >= 15 is 0 Å². The van der Waals surface area contributed by atoms with Gasteiger partial charge in [0.15, 0.2) is 0 Å². The molecule has 1 unspecified atom stereocenters. The van der Waals surface area contributed by atoms with Crippen molar-refractivity contribution in [2.45, 2.75) is 25.3 Å². The van der Waals surface area contributed by atoms with Crippen LogP contribution in [-0.2, 0) is 5.88 Å². The number of nitrogens with zero attached hydrogens (tertiary/aromatic N) is 2. The van der Waals surface area contributed by atoms with Gasteiger partial charge in [0.05, 0.1) is 16.9 Å². The Balaban J connectivity index is 2.46. The van der Waals surface area contributed by atoms with Crippen LogP contribution in [0.1, 0.15) is 25.2 Å². The first-order chi connectivity index (χ1) is 8.67. The van der Waals surface area contributed by atoms with Gasteiger partial charge < -0.3 is 4.57 Å². The van der Waals surface area contributed by atoms with Crippen LogP contribution in [0.3, 0.4) is 0 Å². The minimum absolute atomic E-state index is 0.400. The number of halogens is 2. The van der Waals surface area contributed by atoms with E-state index in [4.69, 9.17) is 23.2 Å². The van der Waals surface area contributed by atoms with E-state index in [0.717, 1.165) is 29.0 Å². The molecule has 0 amide bonds. The predicted molar refractivity (Wildman–Crippen MR) is 82.0 cm³/mol. The van der Waals surface area contributed by atoms with Crippen molar-refractivity contribution in [3.63, 3.8) is 0 Å². The molecule has 0 aliphatic carbocycles. The van der Waals surface area contributed by atoms with Crippen molar-refractivity contribution in [3.05, 3.63) is 29.0 Å². The minimum atomic E-state index is 0.400. The second-order valence-electron chi connectivity index (χ2n) is 4.30. The summed E-state index contributed by atoms with van der Waals surface area (Å²) >= 11 is 13.9. The van der Waals surface area contributed by atoms with E-state index < -0.39 is 0 Å². The fourth-order valence-electron chi connectivity index (χ4n) is 2.13. The fourth-order valence-corrected chi connectivity index (χ4v) is 3.06. The number of thioether (sulfide) groups is 1. The number of hydrogen-bond acceptors (Lipinski definition) is 2. The summed E-state index contributed by atoms with van der Waals surface area (Å²) < 4.78 is 2.23. The number of alkyl halides is 1. The van der Waals surface area contributed by atoms with Crippen LogP contribution in [0, 0.1) is 0 Å². The van der Waals surface area contributed by atoms with E-state index in [1.807, 2.05) is 30.0 Å². The summed E-state index contributed by atoms with van der Waals surface area (Å²) in [6.07, 6.45) is 3.24. The van der Waals surface area contributed by atoms with E-state index in [1.165, 1.54) is 0 Å². The number of aromatic nitrogens is 2. The smallest absolute Gasteiger partial charge is 0.125 e. The Morgan fingerprint density at radius 1 is 1.44 bits per heavy atom. The van der Waals surface area contributed by atoms with Gasteiger partial charge >= 0.3 is 0 Å². The van der Waals surface area contributed by atoms with E-state index in [9.17, 15) is 0 Å². The Kier molecular flexibility index (Phi) is 4.82. The largest absolute Gasteiger partial charge is 0.324 e. The zero-order chi connectivity index (χ0) is 13.1. The maximum atomic E-state index is 6.00. The van der Waals surface area contributed by atoms with Crippen molar-refractivity contribution in [2.75, 3.05) is 12.0 Å². The summed E-state index contributed by atoms with van der Waals surface area (Å²) in [5.74, 6) is 2.48. The lowest BCUT2D eigenvalue weighted by molar-refractivity contribution is 0.534. The van der Waals surface area contributed by atoms with Crippen LogP contribution in [0.2, 0.25) is 5.02 Å². The number of benzene rings is 1. The molecule has 5 heteroatoms. The maximum Gasteiger partial charge on any atom is 0.125 e. The molecule has 0 aliphatic rings. The van der Waals surface area contributed by atoms with Crippen LogP contribution in [0.4, 0.5) is 0 Å². The lowest BCUT2D eigenvalue weighted by Gasteiger charge is -2.16. The molecule has 1 heterocycles. The number of fused-ring (bicyclic) bond motifs is 1. The second kappa shape index (κ2) is 6.18. The third-order valence-electron chi connectivity index (χ3n) is 3.02. The van der Waals surface area contributed by atoms with Gasteiger partial charge in [-0.2, -0.15) is 11.8 Å². The van der Waals surface area contributed by atoms with Crippen LogP contribution in [0.25, 0.3) is 11.0 Å². The van der Waals surface area contributed by atoms with Gasteiger partial charge in [-0.25, -0.2) is 4.98 Å². The van der Waals surface area contributed by atoms with Crippen LogP contribution in [0.5, 0.6) is 0 Å². The van der Waals surface area contributed by atoms with Crippen LogP contribution < -0.4 is 0 Å². The topological polar surface area (TPSA) is 17.8 Å². The molecular formula is C13H16Cl2N2S. The molecule has 1 aromatic heterocycles. The molecule has 0 saturated carbocycles. The molecule has 0 fully saturated rings. The molecule has 1 aromatic carbocycles. The SMILES string of the molecule is CSCCC(C)n1c(CCl)nc2cc(Cl)ccc21. The third-order valence-corrected chi connectivity index (χ3v) is 4.14. The van der Waals surface area contributed by atoms with Gasteiger partial charge in [0, 0.05) is 11.1 Å². The normalized spacial score (nSPS) is 13.1. The lowest BCUT2D eigenvalue weighted by atomic mass is 10.2. The lowest BCUT2D eigenvalue weighted by Crippen LogP contribution is -2.09. The average molecular weight is 303 g/mol. The van der Waals surface area contributed by atoms with Crippen molar-refractivity contribution < 1.29 is 0 Å². The van der Waals surface area contributed by atoms with Crippen LogP contribution in [0.15, 0.2) is 18.2 Å². The highest BCUT2D eigenvalue weighted by Gasteiger charge is 2.15. The van der Waals surface area contributed by atoms with Gasteiger partial charge in [0.2, 0.25) is 0 Å². The van der Waals surface area contributed by atoms with E-state index in [0.29, 0.717) is 16.9 Å². The summed E-state index contributed by atoms with van der Waals surface area (Å²) in [6.45, 7) is 2.21. The Morgan fingerprint density at radius 2 is 2.22 bits per heavy atom. The summed E-state index contributed by atoms with van der Waals surface area (Å²) in [5, 5.41) is 0.713. The Labute approximate surface area is 122 Å². The fraction of sp³-hybridized carbons (Fsp3) is 0.462. The molecule has 0 bridgehead atoms. The van der Waals surface area contributed by atoms with Crippen molar-refractivity contribution in [2.24, 2.45) is 0 Å². The predicted octanol–water partition coefficient (Wildman–Crippen LogP) is 4.74. The molecule has 18 heavy (non-hydrogen) atoms. The monoisotopic (exact) mass is 302 g/mol. The van der Waals surface area contributed by atoms with Crippen molar-refractivity contribution in [3.8, 4) is 0 Å². The van der Waals surface area contributed by atoms with E-state index in [2.05, 4.69) is 22.7 Å². The average Bonchev–Trinajstić information content (AvgIpc) is 2.73. The zero-order valence-corrected chi connectivity index (χ0v) is 12.8. The van der Waals surface area contributed by atoms with Gasteiger partial charge in [-0.15, -0.1) is 11.6 Å². The van der Waals surface area contributed by atoms with Crippen molar-refractivity contribution in [1.82, 2.24) is 9.55 Å². The van der Waals surface area contributed by atoms with Crippen LogP contribution in [-0.4, -0.2) is 21.6 Å².